The van der Waals surface area contributed by atoms with E-state index in [0.717, 1.165) is 16.1 Å². The van der Waals surface area contributed by atoms with Crippen LogP contribution in [0.3, 0.4) is 0 Å². The van der Waals surface area contributed by atoms with Crippen molar-refractivity contribution in [3.05, 3.63) is 52.5 Å². The Kier molecular flexibility index (Phi) is 6.07. The summed E-state index contributed by atoms with van der Waals surface area (Å²) >= 11 is 3.34. The maximum atomic E-state index is 12.4. The number of para-hydroxylation sites is 1. The molecule has 0 radical (unpaired) electrons. The van der Waals surface area contributed by atoms with Gasteiger partial charge in [0.25, 0.3) is 0 Å². The van der Waals surface area contributed by atoms with Crippen LogP contribution >= 0.6 is 15.9 Å². The number of amides is 1. The molecule has 6 nitrogen and oxygen atoms in total. The van der Waals surface area contributed by atoms with E-state index in [1.807, 2.05) is 19.1 Å². The minimum absolute atomic E-state index is 0.326. The van der Waals surface area contributed by atoms with Crippen molar-refractivity contribution in [2.75, 3.05) is 29.5 Å². The fraction of sp³-hybridized carbons (Fsp3) is 0.235. The van der Waals surface area contributed by atoms with Crippen LogP contribution in [0.1, 0.15) is 5.56 Å². The second kappa shape index (κ2) is 7.88. The van der Waals surface area contributed by atoms with Gasteiger partial charge in [0.15, 0.2) is 0 Å². The normalized spacial score (nSPS) is 11.0. The maximum absolute atomic E-state index is 12.4. The Morgan fingerprint density at radius 2 is 1.92 bits per heavy atom. The van der Waals surface area contributed by atoms with Gasteiger partial charge in [0.2, 0.25) is 15.9 Å². The number of carbonyl (C=O) groups excluding carboxylic acids is 1. The molecule has 0 fully saturated rings. The van der Waals surface area contributed by atoms with Gasteiger partial charge in [-0.1, -0.05) is 18.2 Å². The van der Waals surface area contributed by atoms with Gasteiger partial charge in [-0.25, -0.2) is 8.42 Å². The fourth-order valence-electron chi connectivity index (χ4n) is 2.26. The molecule has 1 N–H and O–H groups in total. The topological polar surface area (TPSA) is 75.7 Å². The minimum Gasteiger partial charge on any atom is -0.495 e. The van der Waals surface area contributed by atoms with Crippen molar-refractivity contribution in [2.24, 2.45) is 0 Å². The summed E-state index contributed by atoms with van der Waals surface area (Å²) in [4.78, 5) is 12.4. The van der Waals surface area contributed by atoms with Crippen molar-refractivity contribution in [1.82, 2.24) is 0 Å². The molecule has 0 saturated carbocycles. The lowest BCUT2D eigenvalue weighted by molar-refractivity contribution is -0.114. The Balaban J connectivity index is 2.32. The lowest BCUT2D eigenvalue weighted by Crippen LogP contribution is -2.37. The van der Waals surface area contributed by atoms with Gasteiger partial charge >= 0.3 is 0 Å². The Bertz CT molecular complexity index is 884. The standard InChI is InChI=1S/C17H19BrN2O4S/c1-12-8-9-16(24-2)15(10-12)20(25(3,22)23)11-17(21)19-14-7-5-4-6-13(14)18/h4-10H,11H2,1-3H3,(H,19,21). The van der Waals surface area contributed by atoms with Crippen molar-refractivity contribution >= 4 is 43.2 Å². The van der Waals surface area contributed by atoms with Gasteiger partial charge in [0.1, 0.15) is 12.3 Å². The summed E-state index contributed by atoms with van der Waals surface area (Å²) in [5, 5.41) is 2.70. The van der Waals surface area contributed by atoms with E-state index < -0.39 is 15.9 Å². The highest BCUT2D eigenvalue weighted by atomic mass is 79.9. The number of sulfonamides is 1. The number of aryl methyl sites for hydroxylation is 1. The molecule has 2 aromatic rings. The average molecular weight is 427 g/mol. The number of anilines is 2. The van der Waals surface area contributed by atoms with Gasteiger partial charge in [0, 0.05) is 4.47 Å². The summed E-state index contributed by atoms with van der Waals surface area (Å²) in [6.45, 7) is 1.48. The monoisotopic (exact) mass is 426 g/mol. The van der Waals surface area contributed by atoms with E-state index in [9.17, 15) is 13.2 Å². The Morgan fingerprint density at radius 1 is 1.24 bits per heavy atom. The van der Waals surface area contributed by atoms with Crippen LogP contribution in [0.15, 0.2) is 46.9 Å². The molecule has 0 aromatic heterocycles. The van der Waals surface area contributed by atoms with Crippen molar-refractivity contribution in [1.29, 1.82) is 0 Å². The van der Waals surface area contributed by atoms with E-state index in [-0.39, 0.29) is 6.54 Å². The molecule has 0 heterocycles. The summed E-state index contributed by atoms with van der Waals surface area (Å²) < 4.78 is 31.5. The van der Waals surface area contributed by atoms with Crippen LogP contribution in [0.25, 0.3) is 0 Å². The first kappa shape index (κ1) is 19.3. The number of nitrogens with one attached hydrogen (secondary N) is 1. The molecular weight excluding hydrogens is 408 g/mol. The van der Waals surface area contributed by atoms with E-state index in [1.165, 1.54) is 7.11 Å². The maximum Gasteiger partial charge on any atom is 0.245 e. The van der Waals surface area contributed by atoms with Gasteiger partial charge in [-0.3, -0.25) is 9.10 Å². The third-order valence-corrected chi connectivity index (χ3v) is 5.26. The average Bonchev–Trinajstić information content (AvgIpc) is 2.54. The summed E-state index contributed by atoms with van der Waals surface area (Å²) in [5.41, 5.74) is 1.75. The molecule has 0 bridgehead atoms. The predicted molar refractivity (Wildman–Crippen MR) is 103 cm³/mol. The lowest BCUT2D eigenvalue weighted by atomic mass is 10.2. The Labute approximate surface area is 156 Å². The van der Waals surface area contributed by atoms with Gasteiger partial charge < -0.3 is 10.1 Å². The first-order valence-electron chi connectivity index (χ1n) is 7.39. The highest BCUT2D eigenvalue weighted by molar-refractivity contribution is 9.10. The molecule has 0 unspecified atom stereocenters. The molecule has 0 atom stereocenters. The molecular formula is C17H19BrN2O4S. The largest absolute Gasteiger partial charge is 0.495 e. The van der Waals surface area contributed by atoms with E-state index in [1.54, 1.807) is 30.3 Å². The second-order valence-electron chi connectivity index (χ2n) is 5.47. The van der Waals surface area contributed by atoms with Crippen molar-refractivity contribution < 1.29 is 17.9 Å². The summed E-state index contributed by atoms with van der Waals surface area (Å²) in [6, 6.07) is 12.3. The molecule has 0 aliphatic carbocycles. The number of methoxy groups -OCH3 is 1. The molecule has 25 heavy (non-hydrogen) atoms. The summed E-state index contributed by atoms with van der Waals surface area (Å²) in [7, 11) is -2.23. The third kappa shape index (κ3) is 4.96. The highest BCUT2D eigenvalue weighted by Crippen LogP contribution is 2.31. The number of nitrogens with zero attached hydrogens (tertiary/aromatic N) is 1. The van der Waals surface area contributed by atoms with Gasteiger partial charge in [-0.05, 0) is 52.7 Å². The van der Waals surface area contributed by atoms with Crippen LogP contribution in [0.4, 0.5) is 11.4 Å². The molecule has 0 spiro atoms. The molecule has 0 aliphatic heterocycles. The van der Waals surface area contributed by atoms with Crippen molar-refractivity contribution in [2.45, 2.75) is 6.92 Å². The molecule has 134 valence electrons. The highest BCUT2D eigenvalue weighted by Gasteiger charge is 2.24. The van der Waals surface area contributed by atoms with Crippen LogP contribution in [0.5, 0.6) is 5.75 Å². The van der Waals surface area contributed by atoms with Crippen molar-refractivity contribution in [3.63, 3.8) is 0 Å². The van der Waals surface area contributed by atoms with E-state index in [2.05, 4.69) is 21.2 Å². The second-order valence-corrected chi connectivity index (χ2v) is 8.23. The molecule has 8 heteroatoms. The Morgan fingerprint density at radius 3 is 2.52 bits per heavy atom. The van der Waals surface area contributed by atoms with E-state index in [4.69, 9.17) is 4.74 Å². The molecule has 0 saturated heterocycles. The smallest absolute Gasteiger partial charge is 0.245 e. The minimum atomic E-state index is -3.68. The number of halogens is 1. The molecule has 2 rings (SSSR count). The van der Waals surface area contributed by atoms with Crippen LogP contribution in [-0.4, -0.2) is 34.2 Å². The zero-order valence-electron chi connectivity index (χ0n) is 14.1. The van der Waals surface area contributed by atoms with Gasteiger partial charge in [-0.15, -0.1) is 0 Å². The van der Waals surface area contributed by atoms with Crippen LogP contribution < -0.4 is 14.4 Å². The first-order chi connectivity index (χ1) is 11.7. The first-order valence-corrected chi connectivity index (χ1v) is 10.0. The number of hydrogen-bond donors (Lipinski definition) is 1. The van der Waals surface area contributed by atoms with E-state index >= 15 is 0 Å². The van der Waals surface area contributed by atoms with Crippen LogP contribution in [0, 0.1) is 6.92 Å². The number of hydrogen-bond acceptors (Lipinski definition) is 4. The zero-order valence-corrected chi connectivity index (χ0v) is 16.5. The van der Waals surface area contributed by atoms with Crippen molar-refractivity contribution in [3.8, 4) is 5.75 Å². The molecule has 2 aromatic carbocycles. The van der Waals surface area contributed by atoms with E-state index in [0.29, 0.717) is 21.6 Å². The predicted octanol–water partition coefficient (Wildman–Crippen LogP) is 3.17. The fourth-order valence-corrected chi connectivity index (χ4v) is 3.49. The quantitative estimate of drug-likeness (QED) is 0.769. The van der Waals surface area contributed by atoms with Gasteiger partial charge in [-0.2, -0.15) is 0 Å². The van der Waals surface area contributed by atoms with Gasteiger partial charge in [0.05, 0.1) is 24.7 Å². The lowest BCUT2D eigenvalue weighted by Gasteiger charge is -2.24. The summed E-state index contributed by atoms with van der Waals surface area (Å²) in [6.07, 6.45) is 1.06. The molecule has 0 aliphatic rings. The molecule has 1 amide bonds. The van der Waals surface area contributed by atoms with Crippen LogP contribution in [-0.2, 0) is 14.8 Å². The summed E-state index contributed by atoms with van der Waals surface area (Å²) in [5.74, 6) is -0.0781. The Hall–Kier alpha value is -2.06. The number of carbonyl (C=O) groups is 1. The number of rotatable bonds is 6. The number of benzene rings is 2. The zero-order chi connectivity index (χ0) is 18.6. The number of ether oxygens (including phenoxy) is 1. The third-order valence-electron chi connectivity index (χ3n) is 3.44. The SMILES string of the molecule is COc1ccc(C)cc1N(CC(=O)Nc1ccccc1Br)S(C)(=O)=O. The van der Waals surface area contributed by atoms with Crippen LogP contribution in [0.2, 0.25) is 0 Å².